The quantitative estimate of drug-likeness (QED) is 0.459. The lowest BCUT2D eigenvalue weighted by Crippen LogP contribution is -1.86. The second kappa shape index (κ2) is 7.15. The van der Waals surface area contributed by atoms with Crippen molar-refractivity contribution in [2.45, 2.75) is 0 Å². The van der Waals surface area contributed by atoms with Gasteiger partial charge in [-0.25, -0.2) is 4.98 Å². The second-order valence-electron chi connectivity index (χ2n) is 5.70. The standard InChI is InChI=1S/C22H17NO3/c1-24-18-11-13-20(14-12-18)25-19-9-7-17(8-10-19)22-23-15-21(26-22)16-5-3-2-4-6-16/h2-15H,1H3. The minimum Gasteiger partial charge on any atom is -0.497 e. The highest BCUT2D eigenvalue weighted by Crippen LogP contribution is 2.29. The molecule has 0 amide bonds. The van der Waals surface area contributed by atoms with Crippen LogP contribution in [0.25, 0.3) is 22.8 Å². The number of nitrogens with zero attached hydrogens (tertiary/aromatic N) is 1. The summed E-state index contributed by atoms with van der Waals surface area (Å²) in [5.74, 6) is 3.62. The van der Waals surface area contributed by atoms with E-state index in [1.165, 1.54) is 0 Å². The maximum atomic E-state index is 5.87. The lowest BCUT2D eigenvalue weighted by Gasteiger charge is -2.07. The van der Waals surface area contributed by atoms with Gasteiger partial charge < -0.3 is 13.9 Å². The Morgan fingerprint density at radius 3 is 1.96 bits per heavy atom. The van der Waals surface area contributed by atoms with Gasteiger partial charge in [-0.1, -0.05) is 30.3 Å². The lowest BCUT2D eigenvalue weighted by molar-refractivity contribution is 0.413. The van der Waals surface area contributed by atoms with Gasteiger partial charge in [0.25, 0.3) is 0 Å². The molecule has 0 atom stereocenters. The predicted molar refractivity (Wildman–Crippen MR) is 100 cm³/mol. The largest absolute Gasteiger partial charge is 0.497 e. The SMILES string of the molecule is COc1ccc(Oc2ccc(-c3ncc(-c4ccccc4)o3)cc2)cc1. The van der Waals surface area contributed by atoms with Crippen LogP contribution in [-0.4, -0.2) is 12.1 Å². The van der Waals surface area contributed by atoms with Gasteiger partial charge in [0.05, 0.1) is 13.3 Å². The van der Waals surface area contributed by atoms with Crippen LogP contribution in [0.5, 0.6) is 17.2 Å². The monoisotopic (exact) mass is 343 g/mol. The fourth-order valence-electron chi connectivity index (χ4n) is 2.59. The molecule has 0 unspecified atom stereocenters. The van der Waals surface area contributed by atoms with E-state index in [1.807, 2.05) is 78.9 Å². The molecule has 0 saturated heterocycles. The molecule has 0 saturated carbocycles. The van der Waals surface area contributed by atoms with E-state index in [0.29, 0.717) is 5.89 Å². The van der Waals surface area contributed by atoms with Gasteiger partial charge >= 0.3 is 0 Å². The maximum Gasteiger partial charge on any atom is 0.226 e. The van der Waals surface area contributed by atoms with E-state index in [-0.39, 0.29) is 0 Å². The number of oxazole rings is 1. The second-order valence-corrected chi connectivity index (χ2v) is 5.70. The molecule has 1 heterocycles. The van der Waals surface area contributed by atoms with Crippen LogP contribution in [0.1, 0.15) is 0 Å². The fraction of sp³-hybridized carbons (Fsp3) is 0.0455. The minimum atomic E-state index is 0.583. The predicted octanol–water partition coefficient (Wildman–Crippen LogP) is 5.81. The summed E-state index contributed by atoms with van der Waals surface area (Å²) in [7, 11) is 1.64. The molecule has 0 aliphatic heterocycles. The molecule has 1 aromatic heterocycles. The summed E-state index contributed by atoms with van der Waals surface area (Å²) < 4.78 is 16.9. The molecular weight excluding hydrogens is 326 g/mol. The summed E-state index contributed by atoms with van der Waals surface area (Å²) in [6.45, 7) is 0. The third-order valence-corrected chi connectivity index (χ3v) is 3.96. The summed E-state index contributed by atoms with van der Waals surface area (Å²) in [6.07, 6.45) is 1.74. The van der Waals surface area contributed by atoms with Crippen molar-refractivity contribution in [2.24, 2.45) is 0 Å². The van der Waals surface area contributed by atoms with Gasteiger partial charge in [0, 0.05) is 11.1 Å². The molecular formula is C22H17NO3. The topological polar surface area (TPSA) is 44.5 Å². The van der Waals surface area contributed by atoms with E-state index >= 15 is 0 Å². The van der Waals surface area contributed by atoms with Crippen LogP contribution in [-0.2, 0) is 0 Å². The first kappa shape index (κ1) is 16.0. The Kier molecular flexibility index (Phi) is 4.39. The Morgan fingerprint density at radius 1 is 0.692 bits per heavy atom. The average molecular weight is 343 g/mol. The number of hydrogen-bond donors (Lipinski definition) is 0. The molecule has 0 radical (unpaired) electrons. The number of methoxy groups -OCH3 is 1. The number of aromatic nitrogens is 1. The van der Waals surface area contributed by atoms with Crippen LogP contribution in [0.15, 0.2) is 89.5 Å². The van der Waals surface area contributed by atoms with Crippen LogP contribution in [0, 0.1) is 0 Å². The summed E-state index contributed by atoms with van der Waals surface area (Å²) in [5, 5.41) is 0. The molecule has 0 bridgehead atoms. The van der Waals surface area contributed by atoms with E-state index in [4.69, 9.17) is 13.9 Å². The van der Waals surface area contributed by atoms with Gasteiger partial charge in [0.15, 0.2) is 5.76 Å². The molecule has 26 heavy (non-hydrogen) atoms. The minimum absolute atomic E-state index is 0.583. The van der Waals surface area contributed by atoms with Crippen LogP contribution >= 0.6 is 0 Å². The number of ether oxygens (including phenoxy) is 2. The highest BCUT2D eigenvalue weighted by Gasteiger charge is 2.08. The van der Waals surface area contributed by atoms with Crippen LogP contribution in [0.3, 0.4) is 0 Å². The first-order chi connectivity index (χ1) is 12.8. The molecule has 0 aliphatic carbocycles. The molecule has 4 heteroatoms. The Morgan fingerprint density at radius 2 is 1.31 bits per heavy atom. The van der Waals surface area contributed by atoms with E-state index < -0.39 is 0 Å². The molecule has 4 aromatic rings. The van der Waals surface area contributed by atoms with Gasteiger partial charge in [0.2, 0.25) is 5.89 Å². The molecule has 3 aromatic carbocycles. The van der Waals surface area contributed by atoms with Crippen molar-refractivity contribution in [3.05, 3.63) is 85.1 Å². The molecule has 4 nitrogen and oxygen atoms in total. The molecule has 0 fully saturated rings. The van der Waals surface area contributed by atoms with Crippen molar-refractivity contribution in [1.82, 2.24) is 4.98 Å². The van der Waals surface area contributed by atoms with Crippen molar-refractivity contribution < 1.29 is 13.9 Å². The van der Waals surface area contributed by atoms with Gasteiger partial charge in [-0.2, -0.15) is 0 Å². The lowest BCUT2D eigenvalue weighted by atomic mass is 10.2. The Bertz CT molecular complexity index is 974. The van der Waals surface area contributed by atoms with Gasteiger partial charge in [-0.05, 0) is 48.5 Å². The third-order valence-electron chi connectivity index (χ3n) is 3.96. The summed E-state index contributed by atoms with van der Waals surface area (Å²) in [6, 6.07) is 25.0. The van der Waals surface area contributed by atoms with Crippen LogP contribution in [0.4, 0.5) is 0 Å². The zero-order chi connectivity index (χ0) is 17.8. The smallest absolute Gasteiger partial charge is 0.226 e. The van der Waals surface area contributed by atoms with E-state index in [2.05, 4.69) is 4.98 Å². The molecule has 0 N–H and O–H groups in total. The zero-order valence-corrected chi connectivity index (χ0v) is 14.3. The normalized spacial score (nSPS) is 10.5. The van der Waals surface area contributed by atoms with Crippen molar-refractivity contribution in [3.8, 4) is 40.0 Å². The van der Waals surface area contributed by atoms with E-state index in [1.54, 1.807) is 13.3 Å². The van der Waals surface area contributed by atoms with E-state index in [9.17, 15) is 0 Å². The Hall–Kier alpha value is -3.53. The van der Waals surface area contributed by atoms with Gasteiger partial charge in [-0.15, -0.1) is 0 Å². The summed E-state index contributed by atoms with van der Waals surface area (Å²) >= 11 is 0. The van der Waals surface area contributed by atoms with Gasteiger partial charge in [-0.3, -0.25) is 0 Å². The molecule has 128 valence electrons. The molecule has 0 spiro atoms. The number of hydrogen-bond acceptors (Lipinski definition) is 4. The van der Waals surface area contributed by atoms with Crippen molar-refractivity contribution in [3.63, 3.8) is 0 Å². The first-order valence-electron chi connectivity index (χ1n) is 8.25. The van der Waals surface area contributed by atoms with Crippen LogP contribution < -0.4 is 9.47 Å². The fourth-order valence-corrected chi connectivity index (χ4v) is 2.59. The number of rotatable bonds is 5. The first-order valence-corrected chi connectivity index (χ1v) is 8.25. The Labute approximate surface area is 151 Å². The van der Waals surface area contributed by atoms with Crippen molar-refractivity contribution in [2.75, 3.05) is 7.11 Å². The van der Waals surface area contributed by atoms with Gasteiger partial charge in [0.1, 0.15) is 17.2 Å². The Balaban J connectivity index is 1.50. The van der Waals surface area contributed by atoms with Crippen LogP contribution in [0.2, 0.25) is 0 Å². The highest BCUT2D eigenvalue weighted by molar-refractivity contribution is 5.61. The number of benzene rings is 3. The average Bonchev–Trinajstić information content (AvgIpc) is 3.20. The zero-order valence-electron chi connectivity index (χ0n) is 14.3. The van der Waals surface area contributed by atoms with E-state index in [0.717, 1.165) is 34.1 Å². The summed E-state index contributed by atoms with van der Waals surface area (Å²) in [5.41, 5.74) is 1.90. The van der Waals surface area contributed by atoms with Crippen molar-refractivity contribution >= 4 is 0 Å². The third kappa shape index (κ3) is 3.44. The summed E-state index contributed by atoms with van der Waals surface area (Å²) in [4.78, 5) is 4.37. The molecule has 0 aliphatic rings. The van der Waals surface area contributed by atoms with Crippen molar-refractivity contribution in [1.29, 1.82) is 0 Å². The maximum absolute atomic E-state index is 5.87. The molecule has 4 rings (SSSR count). The highest BCUT2D eigenvalue weighted by atomic mass is 16.5.